The summed E-state index contributed by atoms with van der Waals surface area (Å²) in [6, 6.07) is 10.3. The summed E-state index contributed by atoms with van der Waals surface area (Å²) in [5, 5.41) is 6.66. The number of thiazole rings is 1. The molecular weight excluding hydrogens is 252 g/mol. The highest BCUT2D eigenvalue weighted by Crippen LogP contribution is 2.21. The van der Waals surface area contributed by atoms with Gasteiger partial charge in [0.2, 0.25) is 0 Å². The van der Waals surface area contributed by atoms with Crippen LogP contribution < -0.4 is 5.32 Å². The van der Waals surface area contributed by atoms with Crippen molar-refractivity contribution < 1.29 is 0 Å². The highest BCUT2D eigenvalue weighted by Gasteiger charge is 2.03. The second kappa shape index (κ2) is 7.73. The molecule has 1 N–H and O–H groups in total. The second-order valence-electron chi connectivity index (χ2n) is 4.33. The van der Waals surface area contributed by atoms with Gasteiger partial charge >= 0.3 is 0 Å². The van der Waals surface area contributed by atoms with E-state index in [1.54, 1.807) is 11.3 Å². The summed E-state index contributed by atoms with van der Waals surface area (Å²) in [6.07, 6.45) is 8.31. The molecule has 0 spiro atoms. The van der Waals surface area contributed by atoms with Gasteiger partial charge in [-0.1, -0.05) is 30.3 Å². The average molecular weight is 270 g/mol. The van der Waals surface area contributed by atoms with Crippen molar-refractivity contribution in [3.05, 3.63) is 40.7 Å². The summed E-state index contributed by atoms with van der Waals surface area (Å²) >= 11 is 1.71. The van der Waals surface area contributed by atoms with Crippen molar-refractivity contribution >= 4 is 11.3 Å². The highest BCUT2D eigenvalue weighted by molar-refractivity contribution is 7.09. The lowest BCUT2D eigenvalue weighted by atomic mass is 10.2. The Bertz CT molecular complexity index is 525. The molecule has 0 radical (unpaired) electrons. The fraction of sp³-hybridized carbons (Fsp3) is 0.312. The molecule has 1 aromatic carbocycles. The number of aromatic nitrogens is 1. The number of nitrogens with one attached hydrogen (secondary N) is 1. The molecule has 0 atom stereocenters. The van der Waals surface area contributed by atoms with E-state index in [-0.39, 0.29) is 0 Å². The lowest BCUT2D eigenvalue weighted by molar-refractivity contribution is 0.628. The molecule has 0 fully saturated rings. The first-order valence-corrected chi connectivity index (χ1v) is 7.42. The van der Waals surface area contributed by atoms with E-state index in [0.29, 0.717) is 0 Å². The molecule has 0 amide bonds. The van der Waals surface area contributed by atoms with Gasteiger partial charge in [0.1, 0.15) is 5.01 Å². The van der Waals surface area contributed by atoms with E-state index >= 15 is 0 Å². The van der Waals surface area contributed by atoms with Gasteiger partial charge in [0.05, 0.1) is 5.69 Å². The molecule has 0 bridgehead atoms. The normalized spacial score (nSPS) is 10.3. The number of terminal acetylenes is 1. The van der Waals surface area contributed by atoms with Crippen LogP contribution in [0.5, 0.6) is 0 Å². The van der Waals surface area contributed by atoms with Gasteiger partial charge in [0, 0.05) is 23.9 Å². The second-order valence-corrected chi connectivity index (χ2v) is 5.27. The molecule has 0 aliphatic rings. The van der Waals surface area contributed by atoms with Crippen LogP contribution in [0, 0.1) is 12.3 Å². The third-order valence-corrected chi connectivity index (χ3v) is 3.67. The SMILES string of the molecule is C#CCCCCNCc1nc(-c2ccccc2)cs1. The lowest BCUT2D eigenvalue weighted by Crippen LogP contribution is -2.14. The van der Waals surface area contributed by atoms with E-state index in [4.69, 9.17) is 6.42 Å². The minimum absolute atomic E-state index is 0.841. The Morgan fingerprint density at radius 2 is 2.05 bits per heavy atom. The topological polar surface area (TPSA) is 24.9 Å². The lowest BCUT2D eigenvalue weighted by Gasteiger charge is -2.00. The monoisotopic (exact) mass is 270 g/mol. The zero-order chi connectivity index (χ0) is 13.3. The van der Waals surface area contributed by atoms with E-state index in [0.717, 1.165) is 43.1 Å². The highest BCUT2D eigenvalue weighted by atomic mass is 32.1. The Morgan fingerprint density at radius 3 is 2.84 bits per heavy atom. The van der Waals surface area contributed by atoms with Crippen LogP contribution in [-0.2, 0) is 6.54 Å². The maximum atomic E-state index is 5.21. The molecule has 2 aromatic rings. The molecule has 0 aliphatic heterocycles. The Balaban J connectivity index is 1.77. The van der Waals surface area contributed by atoms with Crippen LogP contribution in [0.2, 0.25) is 0 Å². The van der Waals surface area contributed by atoms with Crippen molar-refractivity contribution in [2.45, 2.75) is 25.8 Å². The Hall–Kier alpha value is -1.63. The van der Waals surface area contributed by atoms with Gasteiger partial charge in [-0.15, -0.1) is 23.7 Å². The third-order valence-electron chi connectivity index (χ3n) is 2.82. The van der Waals surface area contributed by atoms with Crippen molar-refractivity contribution in [3.8, 4) is 23.6 Å². The quantitative estimate of drug-likeness (QED) is 0.613. The summed E-state index contributed by atoms with van der Waals surface area (Å²) in [5.41, 5.74) is 2.24. The largest absolute Gasteiger partial charge is 0.310 e. The minimum atomic E-state index is 0.841. The number of unbranched alkanes of at least 4 members (excludes halogenated alkanes) is 2. The summed E-state index contributed by atoms with van der Waals surface area (Å²) in [5.74, 6) is 2.66. The van der Waals surface area contributed by atoms with Gasteiger partial charge in [-0.25, -0.2) is 4.98 Å². The minimum Gasteiger partial charge on any atom is -0.310 e. The van der Waals surface area contributed by atoms with Crippen LogP contribution in [-0.4, -0.2) is 11.5 Å². The van der Waals surface area contributed by atoms with E-state index in [1.807, 2.05) is 18.2 Å². The maximum absolute atomic E-state index is 5.21. The predicted molar refractivity (Wildman–Crippen MR) is 81.9 cm³/mol. The van der Waals surface area contributed by atoms with Crippen molar-refractivity contribution in [3.63, 3.8) is 0 Å². The van der Waals surface area contributed by atoms with Crippen molar-refractivity contribution in [1.82, 2.24) is 10.3 Å². The molecule has 0 unspecified atom stereocenters. The van der Waals surface area contributed by atoms with Crippen molar-refractivity contribution in [1.29, 1.82) is 0 Å². The van der Waals surface area contributed by atoms with Gasteiger partial charge in [-0.2, -0.15) is 0 Å². The Kier molecular flexibility index (Phi) is 5.61. The molecule has 2 nitrogen and oxygen atoms in total. The summed E-state index contributed by atoms with van der Waals surface area (Å²) in [6.45, 7) is 1.84. The first-order chi connectivity index (χ1) is 9.40. The summed E-state index contributed by atoms with van der Waals surface area (Å²) in [7, 11) is 0. The van der Waals surface area contributed by atoms with Gasteiger partial charge in [0.25, 0.3) is 0 Å². The molecule has 0 saturated carbocycles. The molecule has 1 heterocycles. The maximum Gasteiger partial charge on any atom is 0.107 e. The van der Waals surface area contributed by atoms with E-state index in [9.17, 15) is 0 Å². The van der Waals surface area contributed by atoms with Crippen LogP contribution in [0.15, 0.2) is 35.7 Å². The molecule has 0 saturated heterocycles. The molecule has 1 aromatic heterocycles. The zero-order valence-corrected chi connectivity index (χ0v) is 11.7. The number of benzene rings is 1. The number of hydrogen-bond acceptors (Lipinski definition) is 3. The van der Waals surface area contributed by atoms with Gasteiger partial charge in [-0.3, -0.25) is 0 Å². The average Bonchev–Trinajstić information content (AvgIpc) is 2.92. The smallest absolute Gasteiger partial charge is 0.107 e. The number of hydrogen-bond donors (Lipinski definition) is 1. The molecule has 98 valence electrons. The van der Waals surface area contributed by atoms with Gasteiger partial charge in [0.15, 0.2) is 0 Å². The third kappa shape index (κ3) is 4.51. The first-order valence-electron chi connectivity index (χ1n) is 6.54. The Morgan fingerprint density at radius 1 is 1.21 bits per heavy atom. The fourth-order valence-electron chi connectivity index (χ4n) is 1.81. The van der Waals surface area contributed by atoms with E-state index < -0.39 is 0 Å². The van der Waals surface area contributed by atoms with Crippen LogP contribution in [0.3, 0.4) is 0 Å². The van der Waals surface area contributed by atoms with Crippen molar-refractivity contribution in [2.75, 3.05) is 6.54 Å². The Labute approximate surface area is 118 Å². The predicted octanol–water partition coefficient (Wildman–Crippen LogP) is 3.70. The van der Waals surface area contributed by atoms with Crippen LogP contribution in [0.1, 0.15) is 24.3 Å². The molecule has 0 aliphatic carbocycles. The molecule has 3 heteroatoms. The first kappa shape index (κ1) is 13.8. The molecular formula is C16H18N2S. The fourth-order valence-corrected chi connectivity index (χ4v) is 2.58. The zero-order valence-electron chi connectivity index (χ0n) is 10.9. The standard InChI is InChI=1S/C16H18N2S/c1-2-3-4-8-11-17-12-16-18-15(13-19-16)14-9-6-5-7-10-14/h1,5-7,9-10,13,17H,3-4,8,11-12H2. The summed E-state index contributed by atoms with van der Waals surface area (Å²) in [4.78, 5) is 4.64. The van der Waals surface area contributed by atoms with E-state index in [2.05, 4.69) is 33.7 Å². The van der Waals surface area contributed by atoms with E-state index in [1.165, 1.54) is 5.56 Å². The van der Waals surface area contributed by atoms with Crippen LogP contribution >= 0.6 is 11.3 Å². The number of nitrogens with zero attached hydrogens (tertiary/aromatic N) is 1. The van der Waals surface area contributed by atoms with Crippen molar-refractivity contribution in [2.24, 2.45) is 0 Å². The van der Waals surface area contributed by atoms with Crippen LogP contribution in [0.4, 0.5) is 0 Å². The van der Waals surface area contributed by atoms with Crippen LogP contribution in [0.25, 0.3) is 11.3 Å². The van der Waals surface area contributed by atoms with Gasteiger partial charge < -0.3 is 5.32 Å². The summed E-state index contributed by atoms with van der Waals surface area (Å²) < 4.78 is 0. The molecule has 19 heavy (non-hydrogen) atoms. The molecule has 2 rings (SSSR count). The van der Waals surface area contributed by atoms with Gasteiger partial charge in [-0.05, 0) is 19.4 Å². The number of rotatable bonds is 7.